The minimum Gasteiger partial charge on any atom is -0.340 e. The van der Waals surface area contributed by atoms with Crippen molar-refractivity contribution in [1.82, 2.24) is 4.90 Å². The molecule has 3 atom stereocenters. The van der Waals surface area contributed by atoms with Crippen molar-refractivity contribution in [3.8, 4) is 0 Å². The Hall–Kier alpha value is -0.910. The molecule has 3 unspecified atom stereocenters. The van der Waals surface area contributed by atoms with Crippen molar-refractivity contribution in [1.29, 1.82) is 0 Å². The average Bonchev–Trinajstić information content (AvgIpc) is 2.88. The number of benzene rings is 1. The smallest absolute Gasteiger partial charge is 0.246 e. The predicted molar refractivity (Wildman–Crippen MR) is 84.0 cm³/mol. The number of carbonyl (C=O) groups excluding carboxylic acids is 1. The Morgan fingerprint density at radius 2 is 2.05 bits per heavy atom. The summed E-state index contributed by atoms with van der Waals surface area (Å²) in [7, 11) is 0. The van der Waals surface area contributed by atoms with Crippen molar-refractivity contribution in [2.75, 3.05) is 13.1 Å². The molecular weight excluding hydrogens is 318 g/mol. The fraction of sp³-hybridized carbons (Fsp3) is 0.533. The average molecular weight is 340 g/mol. The molecule has 4 nitrogen and oxygen atoms in total. The summed E-state index contributed by atoms with van der Waals surface area (Å²) in [6.07, 6.45) is 0.958. The Balaban J connectivity index is 2.13. The van der Waals surface area contributed by atoms with E-state index >= 15 is 0 Å². The highest BCUT2D eigenvalue weighted by Crippen LogP contribution is 2.26. The highest BCUT2D eigenvalue weighted by molar-refractivity contribution is 9.10. The highest BCUT2D eigenvalue weighted by Gasteiger charge is 2.38. The molecule has 0 radical (unpaired) electrons. The van der Waals surface area contributed by atoms with Crippen molar-refractivity contribution in [3.05, 3.63) is 34.3 Å². The first-order chi connectivity index (χ1) is 9.32. The molecule has 20 heavy (non-hydrogen) atoms. The van der Waals surface area contributed by atoms with Crippen molar-refractivity contribution in [2.45, 2.75) is 31.8 Å². The maximum Gasteiger partial charge on any atom is 0.246 e. The number of halogens is 1. The highest BCUT2D eigenvalue weighted by atomic mass is 79.9. The van der Waals surface area contributed by atoms with E-state index in [0.717, 1.165) is 23.0 Å². The first-order valence-electron chi connectivity index (χ1n) is 6.92. The van der Waals surface area contributed by atoms with Crippen LogP contribution in [0.5, 0.6) is 0 Å². The lowest BCUT2D eigenvalue weighted by atomic mass is 9.91. The number of nitrogens with zero attached hydrogens (tertiary/aromatic N) is 1. The quantitative estimate of drug-likeness (QED) is 0.882. The van der Waals surface area contributed by atoms with Gasteiger partial charge in [0.05, 0.1) is 0 Å². The normalized spacial score (nSPS) is 23.4. The summed E-state index contributed by atoms with van der Waals surface area (Å²) in [4.78, 5) is 14.5. The summed E-state index contributed by atoms with van der Waals surface area (Å²) in [6, 6.07) is 7.71. The van der Waals surface area contributed by atoms with Crippen LogP contribution in [0.1, 0.15) is 25.8 Å². The van der Waals surface area contributed by atoms with Crippen LogP contribution in [-0.4, -0.2) is 29.9 Å². The van der Waals surface area contributed by atoms with Crippen LogP contribution < -0.4 is 11.5 Å². The van der Waals surface area contributed by atoms with E-state index in [2.05, 4.69) is 15.9 Å². The lowest BCUT2D eigenvalue weighted by molar-refractivity contribution is -0.135. The van der Waals surface area contributed by atoms with Gasteiger partial charge in [-0.2, -0.15) is 0 Å². The first-order valence-corrected chi connectivity index (χ1v) is 7.71. The third-order valence-corrected chi connectivity index (χ3v) is 4.67. The van der Waals surface area contributed by atoms with Gasteiger partial charge in [0.1, 0.15) is 5.54 Å². The molecule has 1 aromatic rings. The van der Waals surface area contributed by atoms with Gasteiger partial charge in [-0.05, 0) is 43.9 Å². The van der Waals surface area contributed by atoms with Gasteiger partial charge < -0.3 is 16.4 Å². The standard InChI is InChI=1S/C15H22BrN3O/c1-10(17)11-7-8-19(9-11)14(20)15(2,18)12-3-5-13(16)6-4-12/h3-6,10-11H,7-9,17-18H2,1-2H3. The number of carbonyl (C=O) groups is 1. The van der Waals surface area contributed by atoms with E-state index < -0.39 is 5.54 Å². The van der Waals surface area contributed by atoms with E-state index in [1.165, 1.54) is 0 Å². The monoisotopic (exact) mass is 339 g/mol. The molecule has 1 aliphatic heterocycles. The summed E-state index contributed by atoms with van der Waals surface area (Å²) >= 11 is 3.39. The zero-order chi connectivity index (χ0) is 14.9. The zero-order valence-electron chi connectivity index (χ0n) is 12.0. The van der Waals surface area contributed by atoms with E-state index in [-0.39, 0.29) is 11.9 Å². The molecule has 0 bridgehead atoms. The molecular formula is C15H22BrN3O. The molecule has 1 heterocycles. The molecule has 4 N–H and O–H groups in total. The van der Waals surface area contributed by atoms with Crippen LogP contribution in [0.15, 0.2) is 28.7 Å². The topological polar surface area (TPSA) is 72.3 Å². The molecule has 1 saturated heterocycles. The van der Waals surface area contributed by atoms with Crippen molar-refractivity contribution in [3.63, 3.8) is 0 Å². The van der Waals surface area contributed by atoms with Crippen molar-refractivity contribution >= 4 is 21.8 Å². The molecule has 110 valence electrons. The first kappa shape index (κ1) is 15.5. The molecule has 2 rings (SSSR count). The Morgan fingerprint density at radius 3 is 2.55 bits per heavy atom. The molecule has 1 fully saturated rings. The fourth-order valence-corrected chi connectivity index (χ4v) is 2.91. The fourth-order valence-electron chi connectivity index (χ4n) is 2.65. The van der Waals surface area contributed by atoms with E-state index in [0.29, 0.717) is 12.5 Å². The second-order valence-electron chi connectivity index (χ2n) is 5.87. The van der Waals surface area contributed by atoms with Gasteiger partial charge in [-0.15, -0.1) is 0 Å². The Kier molecular flexibility index (Phi) is 4.52. The van der Waals surface area contributed by atoms with Gasteiger partial charge in [0, 0.05) is 23.6 Å². The van der Waals surface area contributed by atoms with E-state index in [1.807, 2.05) is 36.1 Å². The number of nitrogens with two attached hydrogens (primary N) is 2. The third kappa shape index (κ3) is 3.05. The summed E-state index contributed by atoms with van der Waals surface area (Å²) in [6.45, 7) is 5.22. The number of amides is 1. The van der Waals surface area contributed by atoms with E-state index in [1.54, 1.807) is 6.92 Å². The third-order valence-electron chi connectivity index (χ3n) is 4.14. The lowest BCUT2D eigenvalue weighted by Gasteiger charge is -2.30. The SMILES string of the molecule is CC(N)C1CCN(C(=O)C(C)(N)c2ccc(Br)cc2)C1. The molecule has 0 saturated carbocycles. The Morgan fingerprint density at radius 1 is 1.45 bits per heavy atom. The number of likely N-dealkylation sites (tertiary alicyclic amines) is 1. The molecule has 0 spiro atoms. The second-order valence-corrected chi connectivity index (χ2v) is 6.78. The van der Waals surface area contributed by atoms with Crippen molar-refractivity contribution in [2.24, 2.45) is 17.4 Å². The van der Waals surface area contributed by atoms with Crippen LogP contribution >= 0.6 is 15.9 Å². The van der Waals surface area contributed by atoms with Crippen LogP contribution in [-0.2, 0) is 10.3 Å². The van der Waals surface area contributed by atoms with Gasteiger partial charge in [-0.25, -0.2) is 0 Å². The maximum absolute atomic E-state index is 12.7. The Bertz CT molecular complexity index is 484. The largest absolute Gasteiger partial charge is 0.340 e. The number of hydrogen-bond acceptors (Lipinski definition) is 3. The van der Waals surface area contributed by atoms with Gasteiger partial charge in [-0.3, -0.25) is 4.79 Å². The van der Waals surface area contributed by atoms with Gasteiger partial charge in [-0.1, -0.05) is 28.1 Å². The summed E-state index contributed by atoms with van der Waals surface area (Å²) in [5.41, 5.74) is 12.1. The van der Waals surface area contributed by atoms with Crippen LogP contribution in [0.4, 0.5) is 0 Å². The molecule has 1 aromatic carbocycles. The van der Waals surface area contributed by atoms with E-state index in [9.17, 15) is 4.79 Å². The molecule has 0 aliphatic carbocycles. The van der Waals surface area contributed by atoms with Crippen molar-refractivity contribution < 1.29 is 4.79 Å². The zero-order valence-corrected chi connectivity index (χ0v) is 13.6. The minimum atomic E-state index is -0.993. The van der Waals surface area contributed by atoms with Gasteiger partial charge in [0.15, 0.2) is 0 Å². The van der Waals surface area contributed by atoms with Crippen LogP contribution in [0, 0.1) is 5.92 Å². The number of hydrogen-bond donors (Lipinski definition) is 2. The molecule has 1 amide bonds. The van der Waals surface area contributed by atoms with Crippen LogP contribution in [0.2, 0.25) is 0 Å². The van der Waals surface area contributed by atoms with Crippen LogP contribution in [0.25, 0.3) is 0 Å². The molecule has 0 aromatic heterocycles. The van der Waals surface area contributed by atoms with Gasteiger partial charge >= 0.3 is 0 Å². The second kappa shape index (κ2) is 5.84. The molecule has 5 heteroatoms. The van der Waals surface area contributed by atoms with Crippen LogP contribution in [0.3, 0.4) is 0 Å². The number of rotatable bonds is 3. The summed E-state index contributed by atoms with van der Waals surface area (Å²) in [5.74, 6) is 0.350. The lowest BCUT2D eigenvalue weighted by Crippen LogP contribution is -2.50. The minimum absolute atomic E-state index is 0.0250. The predicted octanol–water partition coefficient (Wildman–Crippen LogP) is 1.82. The maximum atomic E-state index is 12.7. The summed E-state index contributed by atoms with van der Waals surface area (Å²) in [5, 5.41) is 0. The van der Waals surface area contributed by atoms with Gasteiger partial charge in [0.2, 0.25) is 5.91 Å². The Labute approximate surface area is 128 Å². The van der Waals surface area contributed by atoms with E-state index in [4.69, 9.17) is 11.5 Å². The summed E-state index contributed by atoms with van der Waals surface area (Å²) < 4.78 is 0.975. The molecule has 1 aliphatic rings. The van der Waals surface area contributed by atoms with Gasteiger partial charge in [0.25, 0.3) is 0 Å².